The molecule has 0 aromatic heterocycles. The van der Waals surface area contributed by atoms with Crippen molar-refractivity contribution >= 4 is 46.4 Å². The van der Waals surface area contributed by atoms with Crippen molar-refractivity contribution in [2.75, 3.05) is 23.7 Å². The summed E-state index contributed by atoms with van der Waals surface area (Å²) in [6, 6.07) is 11.8. The van der Waals surface area contributed by atoms with Gasteiger partial charge in [-0.05, 0) is 43.3 Å². The quantitative estimate of drug-likeness (QED) is 0.729. The van der Waals surface area contributed by atoms with Gasteiger partial charge in [0, 0.05) is 22.8 Å². The predicted octanol–water partition coefficient (Wildman–Crippen LogP) is 3.79. The van der Waals surface area contributed by atoms with Crippen molar-refractivity contribution in [1.82, 2.24) is 5.32 Å². The van der Waals surface area contributed by atoms with Crippen LogP contribution in [-0.2, 0) is 4.79 Å². The lowest BCUT2D eigenvalue weighted by Crippen LogP contribution is -2.23. The number of halogens is 2. The fraction of sp³-hybridized carbons (Fsp3) is 0.176. The number of hydrogen-bond donors (Lipinski definition) is 3. The van der Waals surface area contributed by atoms with E-state index in [0.717, 1.165) is 0 Å². The number of amides is 2. The molecule has 0 aliphatic carbocycles. The highest BCUT2D eigenvalue weighted by Gasteiger charge is 2.08. The molecule has 0 radical (unpaired) electrons. The molecule has 2 amide bonds. The second-order valence-corrected chi connectivity index (χ2v) is 5.81. The van der Waals surface area contributed by atoms with Gasteiger partial charge in [0.15, 0.2) is 0 Å². The van der Waals surface area contributed by atoms with Crippen LogP contribution in [0.15, 0.2) is 42.5 Å². The average Bonchev–Trinajstić information content (AvgIpc) is 2.56. The van der Waals surface area contributed by atoms with Crippen molar-refractivity contribution < 1.29 is 9.59 Å². The number of benzene rings is 2. The lowest BCUT2D eigenvalue weighted by Gasteiger charge is -2.10. The minimum atomic E-state index is -0.261. The highest BCUT2D eigenvalue weighted by atomic mass is 35.5. The van der Waals surface area contributed by atoms with E-state index in [1.807, 2.05) is 6.92 Å². The van der Waals surface area contributed by atoms with Gasteiger partial charge in [0.05, 0.1) is 17.3 Å². The number of rotatable bonds is 6. The summed E-state index contributed by atoms with van der Waals surface area (Å²) in [4.78, 5) is 23.8. The molecule has 24 heavy (non-hydrogen) atoms. The summed E-state index contributed by atoms with van der Waals surface area (Å²) in [6.07, 6.45) is 0. The molecule has 2 aromatic carbocycles. The molecule has 7 heteroatoms. The molecule has 2 aromatic rings. The van der Waals surface area contributed by atoms with Gasteiger partial charge >= 0.3 is 0 Å². The third-order valence-corrected chi connectivity index (χ3v) is 3.67. The van der Waals surface area contributed by atoms with Gasteiger partial charge in [0.2, 0.25) is 5.91 Å². The second-order valence-electron chi connectivity index (χ2n) is 4.97. The fourth-order valence-electron chi connectivity index (χ4n) is 2.00. The lowest BCUT2D eigenvalue weighted by molar-refractivity contribution is -0.114. The van der Waals surface area contributed by atoms with Crippen molar-refractivity contribution in [2.45, 2.75) is 6.92 Å². The van der Waals surface area contributed by atoms with Crippen LogP contribution in [0.2, 0.25) is 10.0 Å². The molecule has 0 aliphatic rings. The molecule has 3 N–H and O–H groups in total. The first-order valence-electron chi connectivity index (χ1n) is 7.36. The number of carbonyl (C=O) groups excluding carboxylic acids is 2. The summed E-state index contributed by atoms with van der Waals surface area (Å²) in [5.74, 6) is -0.416. The lowest BCUT2D eigenvalue weighted by atomic mass is 10.2. The highest BCUT2D eigenvalue weighted by molar-refractivity contribution is 6.36. The van der Waals surface area contributed by atoms with Crippen LogP contribution in [0.5, 0.6) is 0 Å². The van der Waals surface area contributed by atoms with Gasteiger partial charge in [-0.2, -0.15) is 0 Å². The molecule has 0 bridgehead atoms. The maximum Gasteiger partial charge on any atom is 0.251 e. The summed E-state index contributed by atoms with van der Waals surface area (Å²) in [7, 11) is 0. The van der Waals surface area contributed by atoms with Gasteiger partial charge in [0.25, 0.3) is 5.91 Å². The van der Waals surface area contributed by atoms with Crippen LogP contribution >= 0.6 is 23.2 Å². The van der Waals surface area contributed by atoms with Gasteiger partial charge < -0.3 is 16.0 Å². The van der Waals surface area contributed by atoms with E-state index in [2.05, 4.69) is 16.0 Å². The highest BCUT2D eigenvalue weighted by Crippen LogP contribution is 2.25. The second kappa shape index (κ2) is 8.57. The first-order chi connectivity index (χ1) is 11.5. The number of hydrogen-bond acceptors (Lipinski definition) is 3. The summed E-state index contributed by atoms with van der Waals surface area (Å²) >= 11 is 11.8. The van der Waals surface area contributed by atoms with Crippen LogP contribution < -0.4 is 16.0 Å². The molecule has 0 aliphatic heterocycles. The summed E-state index contributed by atoms with van der Waals surface area (Å²) in [6.45, 7) is 2.45. The molecular formula is C17H17Cl2N3O2. The van der Waals surface area contributed by atoms with Crippen molar-refractivity contribution in [1.29, 1.82) is 0 Å². The molecule has 0 heterocycles. The van der Waals surface area contributed by atoms with E-state index in [4.69, 9.17) is 23.2 Å². The van der Waals surface area contributed by atoms with Crippen molar-refractivity contribution in [3.63, 3.8) is 0 Å². The monoisotopic (exact) mass is 365 g/mol. The Morgan fingerprint density at radius 2 is 1.88 bits per heavy atom. The van der Waals surface area contributed by atoms with E-state index in [1.54, 1.807) is 42.5 Å². The Labute approximate surface area is 150 Å². The van der Waals surface area contributed by atoms with Crippen LogP contribution in [-0.4, -0.2) is 24.9 Å². The fourth-order valence-corrected chi connectivity index (χ4v) is 2.46. The van der Waals surface area contributed by atoms with E-state index in [1.165, 1.54) is 0 Å². The van der Waals surface area contributed by atoms with Gasteiger partial charge in [-0.3, -0.25) is 9.59 Å². The van der Waals surface area contributed by atoms with Crippen molar-refractivity contribution in [3.8, 4) is 0 Å². The minimum Gasteiger partial charge on any atom is -0.376 e. The Kier molecular flexibility index (Phi) is 6.46. The van der Waals surface area contributed by atoms with E-state index in [9.17, 15) is 9.59 Å². The Hall–Kier alpha value is -2.24. The summed E-state index contributed by atoms with van der Waals surface area (Å²) in [5, 5.41) is 9.26. The summed E-state index contributed by atoms with van der Waals surface area (Å²) < 4.78 is 0. The predicted molar refractivity (Wildman–Crippen MR) is 98.0 cm³/mol. The van der Waals surface area contributed by atoms with Gasteiger partial charge in [-0.15, -0.1) is 0 Å². The SMILES string of the molecule is CCNC(=O)c1cccc(NCC(=O)Nc2ccc(Cl)cc2Cl)c1. The maximum atomic E-state index is 12.0. The Morgan fingerprint density at radius 1 is 1.08 bits per heavy atom. The number of carbonyl (C=O) groups is 2. The largest absolute Gasteiger partial charge is 0.376 e. The van der Waals surface area contributed by atoms with Crippen LogP contribution in [0.25, 0.3) is 0 Å². The molecule has 2 rings (SSSR count). The zero-order chi connectivity index (χ0) is 17.5. The van der Waals surface area contributed by atoms with Crippen molar-refractivity contribution in [3.05, 3.63) is 58.1 Å². The third-order valence-electron chi connectivity index (χ3n) is 3.12. The van der Waals surface area contributed by atoms with E-state index < -0.39 is 0 Å². The van der Waals surface area contributed by atoms with Crippen LogP contribution in [0, 0.1) is 0 Å². The molecule has 0 unspecified atom stereocenters. The molecule has 0 saturated carbocycles. The van der Waals surface area contributed by atoms with E-state index in [0.29, 0.717) is 33.5 Å². The van der Waals surface area contributed by atoms with E-state index >= 15 is 0 Å². The van der Waals surface area contributed by atoms with Gasteiger partial charge in [0.1, 0.15) is 0 Å². The first kappa shape index (κ1) is 18.1. The average molecular weight is 366 g/mol. The molecule has 0 saturated heterocycles. The number of nitrogens with one attached hydrogen (secondary N) is 3. The topological polar surface area (TPSA) is 70.2 Å². The normalized spacial score (nSPS) is 10.1. The maximum absolute atomic E-state index is 12.0. The molecule has 5 nitrogen and oxygen atoms in total. The molecular weight excluding hydrogens is 349 g/mol. The van der Waals surface area contributed by atoms with Gasteiger partial charge in [-0.1, -0.05) is 29.3 Å². The van der Waals surface area contributed by atoms with Crippen LogP contribution in [0.1, 0.15) is 17.3 Å². The smallest absolute Gasteiger partial charge is 0.251 e. The Balaban J connectivity index is 1.94. The molecule has 0 atom stereocenters. The zero-order valence-corrected chi connectivity index (χ0v) is 14.5. The molecule has 0 spiro atoms. The van der Waals surface area contributed by atoms with E-state index in [-0.39, 0.29) is 18.4 Å². The Morgan fingerprint density at radius 3 is 2.58 bits per heavy atom. The van der Waals surface area contributed by atoms with Gasteiger partial charge in [-0.25, -0.2) is 0 Å². The minimum absolute atomic E-state index is 0.0395. The number of anilines is 2. The first-order valence-corrected chi connectivity index (χ1v) is 8.12. The van der Waals surface area contributed by atoms with Crippen LogP contribution in [0.3, 0.4) is 0 Å². The third kappa shape index (κ3) is 5.15. The van der Waals surface area contributed by atoms with Crippen molar-refractivity contribution in [2.24, 2.45) is 0 Å². The van der Waals surface area contributed by atoms with Crippen LogP contribution in [0.4, 0.5) is 11.4 Å². The molecule has 0 fully saturated rings. The molecule has 126 valence electrons. The summed E-state index contributed by atoms with van der Waals surface area (Å²) in [5.41, 5.74) is 1.70. The zero-order valence-electron chi connectivity index (χ0n) is 13.0. The Bertz CT molecular complexity index is 750. The standard InChI is InChI=1S/C17H17Cl2N3O2/c1-2-20-17(24)11-4-3-5-13(8-11)21-10-16(23)22-15-7-6-12(18)9-14(15)19/h3-9,21H,2,10H2,1H3,(H,20,24)(H,22,23).